The minimum Gasteiger partial charge on any atom is -0.385 e. The molecule has 0 aromatic heterocycles. The van der Waals surface area contributed by atoms with Gasteiger partial charge in [0.05, 0.1) is 11.5 Å². The van der Waals surface area contributed by atoms with E-state index in [0.29, 0.717) is 13.0 Å². The molecule has 108 valence electrons. The van der Waals surface area contributed by atoms with E-state index in [1.165, 1.54) is 0 Å². The first kappa shape index (κ1) is 16.1. The molecule has 19 heavy (non-hydrogen) atoms. The zero-order chi connectivity index (χ0) is 14.5. The van der Waals surface area contributed by atoms with Crippen molar-refractivity contribution in [1.82, 2.24) is 0 Å². The summed E-state index contributed by atoms with van der Waals surface area (Å²) >= 11 is 0. The molecule has 4 nitrogen and oxygen atoms in total. The van der Waals surface area contributed by atoms with Gasteiger partial charge in [-0.25, -0.2) is 8.42 Å². The highest BCUT2D eigenvalue weighted by molar-refractivity contribution is 7.91. The molecule has 5 heteroatoms. The first-order valence-corrected chi connectivity index (χ1v) is 8.20. The van der Waals surface area contributed by atoms with Crippen LogP contribution >= 0.6 is 0 Å². The molecule has 2 N–H and O–H groups in total. The molecule has 0 aliphatic heterocycles. The molecule has 0 saturated carbocycles. The maximum absolute atomic E-state index is 11.9. The molecule has 1 aromatic rings. The molecular formula is C14H23NO3S. The first-order valence-electron chi connectivity index (χ1n) is 6.38. The van der Waals surface area contributed by atoms with E-state index in [1.807, 2.05) is 32.0 Å². The van der Waals surface area contributed by atoms with Crippen molar-refractivity contribution in [3.05, 3.63) is 34.9 Å². The van der Waals surface area contributed by atoms with Crippen LogP contribution in [0.15, 0.2) is 18.2 Å². The second-order valence-electron chi connectivity index (χ2n) is 4.93. The Balaban J connectivity index is 2.70. The van der Waals surface area contributed by atoms with E-state index in [9.17, 15) is 8.42 Å². The van der Waals surface area contributed by atoms with E-state index < -0.39 is 15.9 Å². The monoisotopic (exact) mass is 285 g/mol. The number of hydrogen-bond acceptors (Lipinski definition) is 4. The van der Waals surface area contributed by atoms with Crippen molar-refractivity contribution < 1.29 is 13.2 Å². The van der Waals surface area contributed by atoms with Crippen LogP contribution in [0.4, 0.5) is 0 Å². The molecule has 0 aliphatic carbocycles. The SMILES string of the molecule is COCCCS(=O)(=O)CC(N)c1ccc(C)cc1C. The van der Waals surface area contributed by atoms with Crippen LogP contribution in [0.25, 0.3) is 0 Å². The van der Waals surface area contributed by atoms with E-state index in [1.54, 1.807) is 7.11 Å². The standard InChI is InChI=1S/C14H23NO3S/c1-11-5-6-13(12(2)9-11)14(15)10-19(16,17)8-4-7-18-3/h5-6,9,14H,4,7-8,10,15H2,1-3H3. The molecule has 0 radical (unpaired) electrons. The van der Waals surface area contributed by atoms with Gasteiger partial charge in [0.25, 0.3) is 0 Å². The Morgan fingerprint density at radius 3 is 2.58 bits per heavy atom. The Morgan fingerprint density at radius 1 is 1.32 bits per heavy atom. The lowest BCUT2D eigenvalue weighted by atomic mass is 10.0. The van der Waals surface area contributed by atoms with Gasteiger partial charge in [-0.2, -0.15) is 0 Å². The molecular weight excluding hydrogens is 262 g/mol. The lowest BCUT2D eigenvalue weighted by Crippen LogP contribution is -2.24. The van der Waals surface area contributed by atoms with Crippen LogP contribution in [-0.4, -0.2) is 33.6 Å². The fourth-order valence-corrected chi connectivity index (χ4v) is 3.56. The van der Waals surface area contributed by atoms with Crippen LogP contribution in [0.2, 0.25) is 0 Å². The van der Waals surface area contributed by atoms with Crippen molar-refractivity contribution in [2.24, 2.45) is 5.73 Å². The molecule has 1 rings (SSSR count). The quantitative estimate of drug-likeness (QED) is 0.775. The van der Waals surface area contributed by atoms with Crippen LogP contribution in [0, 0.1) is 13.8 Å². The number of hydrogen-bond donors (Lipinski definition) is 1. The molecule has 0 aliphatic rings. The van der Waals surface area contributed by atoms with Crippen molar-refractivity contribution in [3.8, 4) is 0 Å². The second-order valence-corrected chi connectivity index (χ2v) is 7.16. The summed E-state index contributed by atoms with van der Waals surface area (Å²) in [6.07, 6.45) is 0.512. The topological polar surface area (TPSA) is 69.4 Å². The van der Waals surface area contributed by atoms with Gasteiger partial charge in [0.1, 0.15) is 0 Å². The average molecular weight is 285 g/mol. The van der Waals surface area contributed by atoms with Crippen LogP contribution in [0.5, 0.6) is 0 Å². The maximum atomic E-state index is 11.9. The van der Waals surface area contributed by atoms with Crippen LogP contribution < -0.4 is 5.73 Å². The molecule has 0 fully saturated rings. The Hall–Kier alpha value is -0.910. The van der Waals surface area contributed by atoms with Gasteiger partial charge >= 0.3 is 0 Å². The molecule has 0 spiro atoms. The van der Waals surface area contributed by atoms with Crippen molar-refractivity contribution >= 4 is 9.84 Å². The molecule has 0 saturated heterocycles. The van der Waals surface area contributed by atoms with Gasteiger partial charge in [-0.05, 0) is 31.4 Å². The predicted octanol–water partition coefficient (Wildman–Crippen LogP) is 1.75. The van der Waals surface area contributed by atoms with Crippen LogP contribution in [0.3, 0.4) is 0 Å². The number of benzene rings is 1. The summed E-state index contributed by atoms with van der Waals surface area (Å²) in [6, 6.07) is 5.43. The number of aryl methyl sites for hydroxylation is 2. The minimum absolute atomic E-state index is 0.0133. The van der Waals surface area contributed by atoms with Gasteiger partial charge in [0.2, 0.25) is 0 Å². The van der Waals surface area contributed by atoms with Crippen LogP contribution in [-0.2, 0) is 14.6 Å². The largest absolute Gasteiger partial charge is 0.385 e. The van der Waals surface area contributed by atoms with Gasteiger partial charge in [-0.1, -0.05) is 23.8 Å². The number of ether oxygens (including phenoxy) is 1. The molecule has 0 heterocycles. The van der Waals surface area contributed by atoms with E-state index >= 15 is 0 Å². The van der Waals surface area contributed by atoms with Gasteiger partial charge in [0.15, 0.2) is 9.84 Å². The highest BCUT2D eigenvalue weighted by Gasteiger charge is 2.18. The van der Waals surface area contributed by atoms with Crippen molar-refractivity contribution in [2.45, 2.75) is 26.3 Å². The number of rotatable bonds is 7. The summed E-state index contributed by atoms with van der Waals surface area (Å²) in [5.74, 6) is 0.111. The fourth-order valence-electron chi connectivity index (χ4n) is 2.11. The predicted molar refractivity (Wildman–Crippen MR) is 78.0 cm³/mol. The van der Waals surface area contributed by atoms with E-state index in [0.717, 1.165) is 16.7 Å². The second kappa shape index (κ2) is 7.03. The third-order valence-corrected chi connectivity index (χ3v) is 4.84. The molecule has 1 atom stereocenters. The summed E-state index contributed by atoms with van der Waals surface area (Å²) in [5.41, 5.74) is 9.12. The molecule has 1 unspecified atom stereocenters. The lowest BCUT2D eigenvalue weighted by molar-refractivity contribution is 0.199. The number of methoxy groups -OCH3 is 1. The Kier molecular flexibility index (Phi) is 5.97. The third-order valence-electron chi connectivity index (χ3n) is 3.06. The zero-order valence-electron chi connectivity index (χ0n) is 11.8. The summed E-state index contributed by atoms with van der Waals surface area (Å²) in [5, 5.41) is 0. The Labute approximate surface area is 115 Å². The number of nitrogens with two attached hydrogens (primary N) is 1. The summed E-state index contributed by atoms with van der Waals surface area (Å²) < 4.78 is 28.7. The molecule has 0 bridgehead atoms. The maximum Gasteiger partial charge on any atom is 0.152 e. The average Bonchev–Trinajstić information content (AvgIpc) is 2.28. The van der Waals surface area contributed by atoms with Crippen LogP contribution in [0.1, 0.15) is 29.2 Å². The Morgan fingerprint density at radius 2 is 2.00 bits per heavy atom. The molecule has 1 aromatic carbocycles. The van der Waals surface area contributed by atoms with Gasteiger partial charge < -0.3 is 10.5 Å². The van der Waals surface area contributed by atoms with Crippen molar-refractivity contribution in [2.75, 3.05) is 25.2 Å². The van der Waals surface area contributed by atoms with E-state index in [-0.39, 0.29) is 11.5 Å². The summed E-state index contributed by atoms with van der Waals surface area (Å²) in [6.45, 7) is 4.42. The van der Waals surface area contributed by atoms with E-state index in [4.69, 9.17) is 10.5 Å². The smallest absolute Gasteiger partial charge is 0.152 e. The number of sulfone groups is 1. The highest BCUT2D eigenvalue weighted by atomic mass is 32.2. The van der Waals surface area contributed by atoms with Crippen molar-refractivity contribution in [1.29, 1.82) is 0 Å². The fraction of sp³-hybridized carbons (Fsp3) is 0.571. The van der Waals surface area contributed by atoms with Gasteiger partial charge in [-0.3, -0.25) is 0 Å². The van der Waals surface area contributed by atoms with Gasteiger partial charge in [-0.15, -0.1) is 0 Å². The summed E-state index contributed by atoms with van der Waals surface area (Å²) in [4.78, 5) is 0. The summed E-state index contributed by atoms with van der Waals surface area (Å²) in [7, 11) is -1.57. The third kappa shape index (κ3) is 5.30. The van der Waals surface area contributed by atoms with Crippen molar-refractivity contribution in [3.63, 3.8) is 0 Å². The normalized spacial score (nSPS) is 13.5. The lowest BCUT2D eigenvalue weighted by Gasteiger charge is -2.15. The minimum atomic E-state index is -3.13. The zero-order valence-corrected chi connectivity index (χ0v) is 12.7. The van der Waals surface area contributed by atoms with E-state index in [2.05, 4.69) is 0 Å². The first-order chi connectivity index (χ1) is 8.85. The highest BCUT2D eigenvalue weighted by Crippen LogP contribution is 2.19. The Bertz CT molecular complexity index is 511. The van der Waals surface area contributed by atoms with Gasteiger partial charge in [0, 0.05) is 19.8 Å². The molecule has 0 amide bonds.